The number of ether oxygens (including phenoxy) is 7. The number of benzene rings is 4. The Labute approximate surface area is 704 Å². The van der Waals surface area contributed by atoms with Crippen LogP contribution in [0.1, 0.15) is 165 Å². The summed E-state index contributed by atoms with van der Waals surface area (Å²) in [6, 6.07) is 25.0. The van der Waals surface area contributed by atoms with E-state index in [4.69, 9.17) is 121 Å². The molecular weight excluding hydrogens is 1630 g/mol. The van der Waals surface area contributed by atoms with E-state index in [1.807, 2.05) is 93.6 Å². The Kier molecular flexibility index (Phi) is 39.9. The number of esters is 3. The summed E-state index contributed by atoms with van der Waals surface area (Å²) in [7, 11) is -1.09. The number of carbonyl (C=O) groups is 8. The zero-order chi connectivity index (χ0) is 86.6. The van der Waals surface area contributed by atoms with Crippen molar-refractivity contribution in [3.8, 4) is 23.0 Å². The van der Waals surface area contributed by atoms with Gasteiger partial charge in [0.1, 0.15) is 83.2 Å². The second-order valence-electron chi connectivity index (χ2n) is 33.4. The standard InChI is InChI=1S/C37H53Cl3N4O8Si.C27H42Cl3N3O6Si.C15H22O3.CO2/c1-35(2,3)51-34(48)42-29(21-24-15-17-26(49-7)18-16-24)31(45)41-30(22-25-12-10-13-27(20-25)52-53(8,9)36(4,5)6)32(46)44-19-11-14-28(43-44)33(47)50-23-37(38,39)40;1-25(2,3)38-24(36)31-21(16-18-11-9-12-19(15-18)39-40(7,8)26(4,5)6)22(34)33-14-10-13-20(32-33)23(35)37-17-27(28,29)30;1-15(2,3)18-14(16)7-5-6-12-8-10-13(17-4)11-9-12;2-1-3/h10,12-13,15-18,20,28-30,43H,11,14,19,21-23H2,1-9H3,(H,41,45)(H,42,48);9,11-12,15,20-21,32H,10,13-14,16-17H2,1-8H3,(H,31,36);8-11H,5-7H2,1-4H3;/t28-,29-,30-;20-,21-;;/m00../s1. The molecule has 0 aliphatic carbocycles. The summed E-state index contributed by atoms with van der Waals surface area (Å²) in [5.74, 6) is -0.167. The average Bonchev–Trinajstić information content (AvgIpc) is 0.824. The van der Waals surface area contributed by atoms with Crippen LogP contribution < -0.4 is 45.1 Å². The maximum atomic E-state index is 14.3. The molecule has 2 fully saturated rings. The third-order valence-electron chi connectivity index (χ3n) is 17.9. The normalized spacial score (nSPS) is 15.7. The molecule has 0 radical (unpaired) electrons. The van der Waals surface area contributed by atoms with Crippen molar-refractivity contribution in [2.75, 3.05) is 40.5 Å². The largest absolute Gasteiger partial charge is 0.543 e. The van der Waals surface area contributed by atoms with Gasteiger partial charge < -0.3 is 58.0 Å². The summed E-state index contributed by atoms with van der Waals surface area (Å²) in [5, 5.41) is 10.9. The van der Waals surface area contributed by atoms with E-state index in [1.165, 1.54) is 15.6 Å². The summed E-state index contributed by atoms with van der Waals surface area (Å²) in [6.07, 6.45) is 3.00. The first-order valence-corrected chi connectivity index (χ1v) is 45.5. The van der Waals surface area contributed by atoms with E-state index >= 15 is 0 Å². The third-order valence-corrected chi connectivity index (χ3v) is 27.3. The topological polar surface area (TPSA) is 320 Å². The number of nitrogens with zero attached hydrogens (tertiary/aromatic N) is 2. The first-order valence-electron chi connectivity index (χ1n) is 37.4. The number of amides is 5. The number of nitrogens with one attached hydrogen (secondary N) is 5. The van der Waals surface area contributed by atoms with Crippen molar-refractivity contribution in [3.63, 3.8) is 0 Å². The van der Waals surface area contributed by atoms with Crippen LogP contribution in [0.3, 0.4) is 0 Å². The maximum absolute atomic E-state index is 14.3. The number of hydrogen-bond acceptors (Lipinski definition) is 21. The third kappa shape index (κ3) is 39.2. The molecule has 26 nitrogen and oxygen atoms in total. The smallest absolute Gasteiger partial charge is 0.408 e. The van der Waals surface area contributed by atoms with E-state index in [-0.39, 0.29) is 48.0 Å². The fraction of sp³-hybridized carbons (Fsp3) is 0.588. The summed E-state index contributed by atoms with van der Waals surface area (Å²) in [5.41, 5.74) is 7.33. The second-order valence-corrected chi connectivity index (χ2v) is 47.9. The van der Waals surface area contributed by atoms with Gasteiger partial charge in [-0.2, -0.15) is 9.59 Å². The lowest BCUT2D eigenvalue weighted by atomic mass is 10.0. The molecule has 2 heterocycles. The molecule has 5 amide bonds. The summed E-state index contributed by atoms with van der Waals surface area (Å²) in [4.78, 5) is 121. The highest BCUT2D eigenvalue weighted by atomic mass is 35.6. The van der Waals surface area contributed by atoms with Crippen molar-refractivity contribution in [1.82, 2.24) is 36.8 Å². The van der Waals surface area contributed by atoms with E-state index in [9.17, 15) is 38.4 Å². The Morgan fingerprint density at radius 3 is 1.18 bits per heavy atom. The second kappa shape index (κ2) is 45.0. The van der Waals surface area contributed by atoms with Crippen LogP contribution in [0.25, 0.3) is 0 Å². The number of hydrogen-bond donors (Lipinski definition) is 5. The number of halogens is 6. The van der Waals surface area contributed by atoms with Crippen LogP contribution in [0.4, 0.5) is 9.59 Å². The molecule has 114 heavy (non-hydrogen) atoms. The number of methoxy groups -OCH3 is 2. The number of rotatable bonds is 26. The van der Waals surface area contributed by atoms with Crippen LogP contribution >= 0.6 is 69.6 Å². The molecule has 0 bridgehead atoms. The van der Waals surface area contributed by atoms with Gasteiger partial charge in [-0.15, -0.1) is 0 Å². The predicted octanol–water partition coefficient (Wildman–Crippen LogP) is 15.3. The molecule has 4 aromatic carbocycles. The van der Waals surface area contributed by atoms with E-state index < -0.39 is 126 Å². The van der Waals surface area contributed by atoms with Gasteiger partial charge >= 0.3 is 36.2 Å². The highest BCUT2D eigenvalue weighted by molar-refractivity contribution is 6.75. The molecule has 0 aromatic heterocycles. The van der Waals surface area contributed by atoms with Gasteiger partial charge in [-0.1, -0.05) is 160 Å². The molecule has 2 aliphatic rings. The molecule has 0 spiro atoms. The molecular formula is C80H117Cl6N7O19Si2. The lowest BCUT2D eigenvalue weighted by molar-refractivity contribution is -0.192. The van der Waals surface area contributed by atoms with Gasteiger partial charge in [0.2, 0.25) is 30.1 Å². The number of alkyl halides is 6. The maximum Gasteiger partial charge on any atom is 0.408 e. The quantitative estimate of drug-likeness (QED) is 0.0169. The molecule has 2 saturated heterocycles. The van der Waals surface area contributed by atoms with Crippen molar-refractivity contribution in [2.45, 2.75) is 259 Å². The molecule has 34 heteroatoms. The minimum Gasteiger partial charge on any atom is -0.543 e. The number of aryl methyl sites for hydroxylation is 1. The highest BCUT2D eigenvalue weighted by Crippen LogP contribution is 2.39. The van der Waals surface area contributed by atoms with Crippen LogP contribution in [0.2, 0.25) is 36.3 Å². The summed E-state index contributed by atoms with van der Waals surface area (Å²) >= 11 is 34.4. The van der Waals surface area contributed by atoms with Crippen molar-refractivity contribution < 1.29 is 90.0 Å². The van der Waals surface area contributed by atoms with E-state index in [0.29, 0.717) is 55.9 Å². The first-order chi connectivity index (χ1) is 52.4. The molecule has 0 unspecified atom stereocenters. The Hall–Kier alpha value is -7.09. The fourth-order valence-electron chi connectivity index (χ4n) is 10.4. The van der Waals surface area contributed by atoms with Crippen molar-refractivity contribution in [2.24, 2.45) is 0 Å². The number of alkyl carbamates (subject to hydrolysis) is 2. The molecule has 2 aliphatic heterocycles. The van der Waals surface area contributed by atoms with Gasteiger partial charge in [0, 0.05) is 38.8 Å². The molecule has 5 N–H and O–H groups in total. The monoisotopic (exact) mass is 1750 g/mol. The molecule has 4 aromatic rings. The fourth-order valence-corrected chi connectivity index (χ4v) is 12.7. The number of hydrazine groups is 2. The Morgan fingerprint density at radius 2 is 0.833 bits per heavy atom. The van der Waals surface area contributed by atoms with Gasteiger partial charge in [0.25, 0.3) is 11.8 Å². The van der Waals surface area contributed by atoms with Crippen molar-refractivity contribution in [1.29, 1.82) is 0 Å². The number of carbonyl (C=O) groups excluding carboxylic acids is 10. The zero-order valence-electron chi connectivity index (χ0n) is 69.4. The summed E-state index contributed by atoms with van der Waals surface area (Å²) < 4.78 is 46.2. The lowest BCUT2D eigenvalue weighted by Crippen LogP contribution is -2.62. The molecule has 6 rings (SSSR count). The van der Waals surface area contributed by atoms with Crippen molar-refractivity contribution >= 4 is 140 Å². The molecule has 636 valence electrons. The van der Waals surface area contributed by atoms with Crippen molar-refractivity contribution in [3.05, 3.63) is 119 Å². The van der Waals surface area contributed by atoms with Gasteiger partial charge in [0.05, 0.1) is 14.2 Å². The van der Waals surface area contributed by atoms with E-state index in [1.54, 1.807) is 80.0 Å². The average molecular weight is 1750 g/mol. The van der Waals surface area contributed by atoms with E-state index in [2.05, 4.69) is 94.5 Å². The van der Waals surface area contributed by atoms with Crippen LogP contribution in [-0.4, -0.2) is 176 Å². The van der Waals surface area contributed by atoms with Gasteiger partial charge in [-0.05, 0) is 208 Å². The van der Waals surface area contributed by atoms with Crippen LogP contribution in [0.5, 0.6) is 23.0 Å². The molecule has 5 atom stereocenters. The van der Waals surface area contributed by atoms with Crippen LogP contribution in [0.15, 0.2) is 97.1 Å². The zero-order valence-corrected chi connectivity index (χ0v) is 76.0. The highest BCUT2D eigenvalue weighted by Gasteiger charge is 2.42. The minimum atomic E-state index is -2.20. The first kappa shape index (κ1) is 101. The SMILES string of the molecule is CC(C)(C)OC(=O)N[C@@H](Cc1cccc(O[Si](C)(C)C(C)(C)C)c1)C(=O)N1CCC[C@@H](C(=O)OCC(Cl)(Cl)Cl)N1.COc1ccc(CCCC(=O)OC(C)(C)C)cc1.COc1ccc(C[C@H](NC(=O)OC(C)(C)C)C(=O)N[C@@H](Cc2cccc(O[Si](C)(C)C(C)(C)C)c2)C(=O)N2CCC[C@@H](C(=O)OCC(Cl)(Cl)Cl)N2)cc1.O=C=O. The predicted molar refractivity (Wildman–Crippen MR) is 446 cm³/mol. The molecule has 0 saturated carbocycles. The van der Waals surface area contributed by atoms with Crippen LogP contribution in [0, 0.1) is 0 Å². The Bertz CT molecular complexity index is 3810. The lowest BCUT2D eigenvalue weighted by Gasteiger charge is -2.36. The Balaban J connectivity index is 0.000000482. The van der Waals surface area contributed by atoms with Gasteiger partial charge in [-0.3, -0.25) is 38.8 Å². The van der Waals surface area contributed by atoms with E-state index in [0.717, 1.165) is 35.3 Å². The minimum absolute atomic E-state index is 0.0101. The Morgan fingerprint density at radius 1 is 0.482 bits per heavy atom. The van der Waals surface area contributed by atoms with Crippen LogP contribution in [-0.2, 0) is 87.7 Å². The summed E-state index contributed by atoms with van der Waals surface area (Å²) in [6.45, 7) is 37.2. The van der Waals surface area contributed by atoms with Gasteiger partial charge in [-0.25, -0.2) is 20.4 Å². The van der Waals surface area contributed by atoms with Gasteiger partial charge in [0.15, 0.2) is 0 Å².